The van der Waals surface area contributed by atoms with Crippen molar-refractivity contribution in [3.8, 4) is 0 Å². The van der Waals surface area contributed by atoms with E-state index in [2.05, 4.69) is 0 Å². The predicted molar refractivity (Wildman–Crippen MR) is 63.9 cm³/mol. The molecule has 1 aromatic rings. The van der Waals surface area contributed by atoms with Gasteiger partial charge in [-0.1, -0.05) is 6.07 Å². The molecule has 0 spiro atoms. The molecule has 5 nitrogen and oxygen atoms in total. The fourth-order valence-electron chi connectivity index (χ4n) is 1.96. The molecule has 1 aromatic carbocycles. The average Bonchev–Trinajstić information content (AvgIpc) is 2.26. The number of rotatable bonds is 2. The number of hydrogen-bond acceptors (Lipinski definition) is 3. The van der Waals surface area contributed by atoms with Gasteiger partial charge in [0.15, 0.2) is 0 Å². The second kappa shape index (κ2) is 4.12. The second-order valence-electron chi connectivity index (χ2n) is 4.19. The summed E-state index contributed by atoms with van der Waals surface area (Å²) in [5.74, 6) is -0.460. The molecule has 0 saturated heterocycles. The van der Waals surface area contributed by atoms with Crippen molar-refractivity contribution in [3.63, 3.8) is 0 Å². The Balaban J connectivity index is 2.32. The molecule has 0 fully saturated rings. The Labute approximate surface area is 100 Å². The molecule has 1 heterocycles. The molecule has 1 amide bonds. The molecule has 17 heavy (non-hydrogen) atoms. The number of hydrogen-bond donors (Lipinski definition) is 1. The van der Waals surface area contributed by atoms with E-state index in [1.807, 2.05) is 0 Å². The predicted octanol–water partition coefficient (Wildman–Crippen LogP) is 0.103. The minimum atomic E-state index is -3.15. The van der Waals surface area contributed by atoms with Crippen LogP contribution in [0.15, 0.2) is 18.2 Å². The summed E-state index contributed by atoms with van der Waals surface area (Å²) in [6.07, 6.45) is 1.82. The van der Waals surface area contributed by atoms with Crippen LogP contribution >= 0.6 is 0 Å². The number of carbonyl (C=O) groups is 1. The van der Waals surface area contributed by atoms with E-state index in [-0.39, 0.29) is 0 Å². The van der Waals surface area contributed by atoms with Crippen LogP contribution in [0.3, 0.4) is 0 Å². The van der Waals surface area contributed by atoms with Gasteiger partial charge >= 0.3 is 0 Å². The zero-order valence-corrected chi connectivity index (χ0v) is 10.3. The summed E-state index contributed by atoms with van der Waals surface area (Å²) in [5.41, 5.74) is 7.61. The molecule has 0 unspecified atom stereocenters. The van der Waals surface area contributed by atoms with Crippen LogP contribution in [0.2, 0.25) is 0 Å². The lowest BCUT2D eigenvalue weighted by Gasteiger charge is -2.26. The van der Waals surface area contributed by atoms with Gasteiger partial charge in [0.2, 0.25) is 15.9 Å². The normalized spacial score (nSPS) is 16.5. The second-order valence-corrected chi connectivity index (χ2v) is 6.18. The summed E-state index contributed by atoms with van der Waals surface area (Å²) in [7, 11) is -3.15. The molecule has 92 valence electrons. The first kappa shape index (κ1) is 12.1. The summed E-state index contributed by atoms with van der Waals surface area (Å²) < 4.78 is 24.3. The third-order valence-corrected chi connectivity index (χ3v) is 4.19. The van der Waals surface area contributed by atoms with E-state index in [0.29, 0.717) is 25.1 Å². The van der Waals surface area contributed by atoms with Crippen LogP contribution in [-0.2, 0) is 23.0 Å². The molecule has 6 heteroatoms. The first-order chi connectivity index (χ1) is 7.88. The van der Waals surface area contributed by atoms with Crippen molar-refractivity contribution in [3.05, 3.63) is 34.9 Å². The summed E-state index contributed by atoms with van der Waals surface area (Å²) in [6, 6.07) is 5.15. The van der Waals surface area contributed by atoms with Crippen molar-refractivity contribution >= 4 is 15.9 Å². The average molecular weight is 254 g/mol. The van der Waals surface area contributed by atoms with Gasteiger partial charge in [0.1, 0.15) is 0 Å². The van der Waals surface area contributed by atoms with E-state index in [1.54, 1.807) is 18.2 Å². The zero-order valence-electron chi connectivity index (χ0n) is 9.51. The highest BCUT2D eigenvalue weighted by molar-refractivity contribution is 7.88. The van der Waals surface area contributed by atoms with Gasteiger partial charge in [-0.05, 0) is 29.7 Å². The largest absolute Gasteiger partial charge is 0.366 e. The van der Waals surface area contributed by atoms with Crippen LogP contribution < -0.4 is 5.73 Å². The maximum Gasteiger partial charge on any atom is 0.248 e. The lowest BCUT2D eigenvalue weighted by atomic mass is 9.98. The summed E-state index contributed by atoms with van der Waals surface area (Å²) in [4.78, 5) is 11.0. The molecule has 0 radical (unpaired) electrons. The fraction of sp³-hybridized carbons (Fsp3) is 0.364. The van der Waals surface area contributed by atoms with Crippen LogP contribution in [0.25, 0.3) is 0 Å². The smallest absolute Gasteiger partial charge is 0.248 e. The molecule has 1 aliphatic heterocycles. The summed E-state index contributed by atoms with van der Waals surface area (Å²) in [5, 5.41) is 0. The maximum atomic E-state index is 11.4. The van der Waals surface area contributed by atoms with E-state index in [0.717, 1.165) is 11.1 Å². The number of amides is 1. The summed E-state index contributed by atoms with van der Waals surface area (Å²) in [6.45, 7) is 0.821. The highest BCUT2D eigenvalue weighted by Crippen LogP contribution is 2.21. The molecule has 0 bridgehead atoms. The third-order valence-electron chi connectivity index (χ3n) is 2.94. The van der Waals surface area contributed by atoms with Gasteiger partial charge in [0.05, 0.1) is 6.26 Å². The van der Waals surface area contributed by atoms with Crippen molar-refractivity contribution in [1.82, 2.24) is 4.31 Å². The minimum Gasteiger partial charge on any atom is -0.366 e. The van der Waals surface area contributed by atoms with E-state index >= 15 is 0 Å². The number of benzene rings is 1. The van der Waals surface area contributed by atoms with Crippen molar-refractivity contribution in [1.29, 1.82) is 0 Å². The van der Waals surface area contributed by atoms with Crippen LogP contribution in [0.5, 0.6) is 0 Å². The SMILES string of the molecule is CS(=O)(=O)N1CCc2cc(C(N)=O)ccc2C1. The van der Waals surface area contributed by atoms with Crippen molar-refractivity contribution in [2.45, 2.75) is 13.0 Å². The Hall–Kier alpha value is -1.40. The fourth-order valence-corrected chi connectivity index (χ4v) is 2.76. The molecule has 0 saturated carbocycles. The minimum absolute atomic E-state index is 0.368. The van der Waals surface area contributed by atoms with Crippen molar-refractivity contribution < 1.29 is 13.2 Å². The Bertz CT molecular complexity index is 566. The van der Waals surface area contributed by atoms with Gasteiger partial charge < -0.3 is 5.73 Å². The van der Waals surface area contributed by atoms with Crippen LogP contribution in [0.4, 0.5) is 0 Å². The topological polar surface area (TPSA) is 80.5 Å². The molecule has 1 aliphatic rings. The van der Waals surface area contributed by atoms with Crippen molar-refractivity contribution in [2.75, 3.05) is 12.8 Å². The Morgan fingerprint density at radius 3 is 2.65 bits per heavy atom. The number of sulfonamides is 1. The summed E-state index contributed by atoms with van der Waals surface area (Å²) >= 11 is 0. The van der Waals surface area contributed by atoms with Crippen LogP contribution in [0.1, 0.15) is 21.5 Å². The van der Waals surface area contributed by atoms with Crippen molar-refractivity contribution in [2.24, 2.45) is 5.73 Å². The monoisotopic (exact) mass is 254 g/mol. The Morgan fingerprint density at radius 2 is 2.06 bits per heavy atom. The van der Waals surface area contributed by atoms with Crippen LogP contribution in [0, 0.1) is 0 Å². The van der Waals surface area contributed by atoms with E-state index < -0.39 is 15.9 Å². The Kier molecular flexibility index (Phi) is 2.92. The van der Waals surface area contributed by atoms with Gasteiger partial charge in [-0.3, -0.25) is 4.79 Å². The van der Waals surface area contributed by atoms with Gasteiger partial charge in [0.25, 0.3) is 0 Å². The molecular formula is C11H14N2O3S. The number of primary amides is 1. The van der Waals surface area contributed by atoms with Gasteiger partial charge in [0, 0.05) is 18.7 Å². The lowest BCUT2D eigenvalue weighted by molar-refractivity contribution is 0.1000. The molecule has 2 N–H and O–H groups in total. The highest BCUT2D eigenvalue weighted by atomic mass is 32.2. The maximum absolute atomic E-state index is 11.4. The first-order valence-corrected chi connectivity index (χ1v) is 7.09. The number of nitrogens with zero attached hydrogens (tertiary/aromatic N) is 1. The molecule has 0 aromatic heterocycles. The number of nitrogens with two attached hydrogens (primary N) is 1. The zero-order chi connectivity index (χ0) is 12.6. The number of carbonyl (C=O) groups excluding carboxylic acids is 1. The number of fused-ring (bicyclic) bond motifs is 1. The van der Waals surface area contributed by atoms with Gasteiger partial charge in [-0.2, -0.15) is 4.31 Å². The van der Waals surface area contributed by atoms with Crippen LogP contribution in [-0.4, -0.2) is 31.4 Å². The highest BCUT2D eigenvalue weighted by Gasteiger charge is 2.23. The Morgan fingerprint density at radius 1 is 1.35 bits per heavy atom. The van der Waals surface area contributed by atoms with E-state index in [9.17, 15) is 13.2 Å². The lowest BCUT2D eigenvalue weighted by Crippen LogP contribution is -2.35. The standard InChI is InChI=1S/C11H14N2O3S/c1-17(15,16)13-5-4-8-6-9(11(12)14)2-3-10(8)7-13/h2-3,6H,4-5,7H2,1H3,(H2,12,14). The van der Waals surface area contributed by atoms with E-state index in [4.69, 9.17) is 5.73 Å². The molecule has 2 rings (SSSR count). The van der Waals surface area contributed by atoms with Gasteiger partial charge in [-0.25, -0.2) is 8.42 Å². The molecular weight excluding hydrogens is 240 g/mol. The quantitative estimate of drug-likeness (QED) is 0.813. The van der Waals surface area contributed by atoms with Gasteiger partial charge in [-0.15, -0.1) is 0 Å². The third kappa shape index (κ3) is 2.48. The molecule has 0 aliphatic carbocycles. The first-order valence-electron chi connectivity index (χ1n) is 5.24. The molecule has 0 atom stereocenters. The van der Waals surface area contributed by atoms with E-state index in [1.165, 1.54) is 10.6 Å².